The maximum Gasteiger partial charge on any atom is 0.303 e. The summed E-state index contributed by atoms with van der Waals surface area (Å²) in [6, 6.07) is 1.98. The maximum absolute atomic E-state index is 11.6. The molecular weight excluding hydrogens is 394 g/mol. The Labute approximate surface area is 166 Å². The Kier molecular flexibility index (Phi) is 9.75. The van der Waals surface area contributed by atoms with Crippen molar-refractivity contribution < 1.29 is 42.9 Å². The van der Waals surface area contributed by atoms with Crippen LogP contribution in [-0.4, -0.2) is 66.1 Å². The van der Waals surface area contributed by atoms with Crippen LogP contribution in [0.1, 0.15) is 34.1 Å². The zero-order chi connectivity index (χ0) is 21.3. The summed E-state index contributed by atoms with van der Waals surface area (Å²) < 4.78 is 26.7. The third-order valence-electron chi connectivity index (χ3n) is 3.44. The summed E-state index contributed by atoms with van der Waals surface area (Å²) in [5, 5.41) is 8.74. The Balaban J connectivity index is 3.23. The van der Waals surface area contributed by atoms with Gasteiger partial charge in [-0.25, -0.2) is 0 Å². The van der Waals surface area contributed by atoms with Crippen molar-refractivity contribution in [3.63, 3.8) is 0 Å². The van der Waals surface area contributed by atoms with Gasteiger partial charge in [-0.3, -0.25) is 19.2 Å². The largest absolute Gasteiger partial charge is 0.463 e. The van der Waals surface area contributed by atoms with Gasteiger partial charge in [-0.2, -0.15) is 5.26 Å². The molecule has 1 heterocycles. The number of rotatable bonds is 8. The van der Waals surface area contributed by atoms with E-state index in [0.29, 0.717) is 5.75 Å². The van der Waals surface area contributed by atoms with Crippen LogP contribution in [0.5, 0.6) is 0 Å². The highest BCUT2D eigenvalue weighted by atomic mass is 32.2. The van der Waals surface area contributed by atoms with Gasteiger partial charge >= 0.3 is 23.9 Å². The van der Waals surface area contributed by atoms with Crippen LogP contribution in [0.25, 0.3) is 0 Å². The Bertz CT molecular complexity index is 633. The molecule has 11 heteroatoms. The van der Waals surface area contributed by atoms with E-state index in [-0.39, 0.29) is 13.0 Å². The normalized spacial score (nSPS) is 26.5. The molecule has 0 aliphatic carbocycles. The lowest BCUT2D eigenvalue weighted by Crippen LogP contribution is -2.61. The quantitative estimate of drug-likeness (QED) is 0.313. The fourth-order valence-electron chi connectivity index (χ4n) is 2.54. The average molecular weight is 417 g/mol. The number of thioether (sulfide) groups is 1. The molecular formula is C17H23NO9S. The third-order valence-corrected chi connectivity index (χ3v) is 4.59. The number of esters is 4. The van der Waals surface area contributed by atoms with Gasteiger partial charge in [0.05, 0.1) is 6.07 Å². The van der Waals surface area contributed by atoms with Crippen LogP contribution in [0.4, 0.5) is 0 Å². The van der Waals surface area contributed by atoms with Crippen LogP contribution in [0.3, 0.4) is 0 Å². The second-order valence-electron chi connectivity index (χ2n) is 5.85. The summed E-state index contributed by atoms with van der Waals surface area (Å²) in [5.41, 5.74) is -0.839. The van der Waals surface area contributed by atoms with Gasteiger partial charge in [0.1, 0.15) is 18.1 Å². The molecule has 1 fully saturated rings. The van der Waals surface area contributed by atoms with Crippen LogP contribution in [0, 0.1) is 11.3 Å². The van der Waals surface area contributed by atoms with E-state index in [1.165, 1.54) is 25.6 Å². The van der Waals surface area contributed by atoms with Gasteiger partial charge in [-0.1, -0.05) is 0 Å². The first kappa shape index (κ1) is 23.7. The molecule has 0 aromatic heterocycles. The van der Waals surface area contributed by atoms with E-state index in [0.717, 1.165) is 13.8 Å². The van der Waals surface area contributed by atoms with Gasteiger partial charge in [-0.05, 0) is 0 Å². The number of ether oxygens (including phenoxy) is 5. The van der Waals surface area contributed by atoms with Gasteiger partial charge in [-0.15, -0.1) is 11.8 Å². The van der Waals surface area contributed by atoms with Crippen molar-refractivity contribution in [2.75, 3.05) is 12.4 Å². The summed E-state index contributed by atoms with van der Waals surface area (Å²) in [4.78, 5) is 46.0. The van der Waals surface area contributed by atoms with E-state index in [2.05, 4.69) is 0 Å². The molecule has 156 valence electrons. The third kappa shape index (κ3) is 7.74. The van der Waals surface area contributed by atoms with Gasteiger partial charge < -0.3 is 23.7 Å². The van der Waals surface area contributed by atoms with Crippen molar-refractivity contribution in [3.05, 3.63) is 0 Å². The summed E-state index contributed by atoms with van der Waals surface area (Å²) in [6.07, 6.45) is -4.21. The molecule has 0 spiro atoms. The van der Waals surface area contributed by atoms with Crippen molar-refractivity contribution in [1.82, 2.24) is 0 Å². The SMILES string of the molecule is CC(=O)OC[C@@H]1O[C@@H](SCCC#N)[C@@H](OC(C)=O)[C@H](OC(C)=O)[C@H]1OC(C)=O. The van der Waals surface area contributed by atoms with Crippen molar-refractivity contribution in [2.45, 2.75) is 64.0 Å². The Hall–Kier alpha value is -2.32. The number of nitrogens with zero attached hydrogens (tertiary/aromatic N) is 1. The maximum atomic E-state index is 11.6. The van der Waals surface area contributed by atoms with Crippen molar-refractivity contribution in [1.29, 1.82) is 5.26 Å². The highest BCUT2D eigenvalue weighted by molar-refractivity contribution is 7.99. The van der Waals surface area contributed by atoms with Crippen LogP contribution in [0.2, 0.25) is 0 Å². The number of carbonyl (C=O) groups is 4. The Morgan fingerprint density at radius 3 is 1.93 bits per heavy atom. The molecule has 0 bridgehead atoms. The van der Waals surface area contributed by atoms with Crippen LogP contribution >= 0.6 is 11.8 Å². The van der Waals surface area contributed by atoms with E-state index >= 15 is 0 Å². The number of hydrogen-bond donors (Lipinski definition) is 0. The Morgan fingerprint density at radius 2 is 1.43 bits per heavy atom. The molecule has 0 aromatic carbocycles. The minimum atomic E-state index is -1.18. The highest BCUT2D eigenvalue weighted by Gasteiger charge is 2.52. The fraction of sp³-hybridized carbons (Fsp3) is 0.706. The van der Waals surface area contributed by atoms with Crippen molar-refractivity contribution in [3.8, 4) is 6.07 Å². The molecule has 0 unspecified atom stereocenters. The zero-order valence-electron chi connectivity index (χ0n) is 16.0. The Morgan fingerprint density at radius 1 is 0.893 bits per heavy atom. The summed E-state index contributed by atoms with van der Waals surface area (Å²) in [5.74, 6) is -2.25. The molecule has 0 radical (unpaired) electrons. The first-order chi connectivity index (χ1) is 13.1. The molecule has 0 amide bonds. The number of hydrogen-bond acceptors (Lipinski definition) is 11. The predicted octanol–water partition coefficient (Wildman–Crippen LogP) is 0.716. The number of nitriles is 1. The monoisotopic (exact) mass is 417 g/mol. The van der Waals surface area contributed by atoms with Crippen LogP contribution < -0.4 is 0 Å². The van der Waals surface area contributed by atoms with Gasteiger partial charge in [0, 0.05) is 39.9 Å². The summed E-state index contributed by atoms with van der Waals surface area (Å²) in [7, 11) is 0. The van der Waals surface area contributed by atoms with E-state index in [9.17, 15) is 19.2 Å². The second-order valence-corrected chi connectivity index (χ2v) is 7.05. The fourth-order valence-corrected chi connectivity index (χ4v) is 3.61. The molecule has 1 saturated heterocycles. The summed E-state index contributed by atoms with van der Waals surface area (Å²) in [6.45, 7) is 4.42. The smallest absolute Gasteiger partial charge is 0.303 e. The molecule has 0 saturated carbocycles. The van der Waals surface area contributed by atoms with E-state index in [4.69, 9.17) is 28.9 Å². The number of carbonyl (C=O) groups excluding carboxylic acids is 4. The molecule has 0 N–H and O–H groups in total. The predicted molar refractivity (Wildman–Crippen MR) is 94.6 cm³/mol. The van der Waals surface area contributed by atoms with E-state index in [1.807, 2.05) is 6.07 Å². The highest BCUT2D eigenvalue weighted by Crippen LogP contribution is 2.34. The molecule has 10 nitrogen and oxygen atoms in total. The van der Waals surface area contributed by atoms with Crippen LogP contribution in [-0.2, 0) is 42.9 Å². The van der Waals surface area contributed by atoms with Gasteiger partial charge in [0.15, 0.2) is 18.3 Å². The molecule has 1 rings (SSSR count). The first-order valence-corrected chi connectivity index (χ1v) is 9.49. The lowest BCUT2D eigenvalue weighted by atomic mass is 9.99. The second kappa shape index (κ2) is 11.5. The average Bonchev–Trinajstić information content (AvgIpc) is 2.57. The van der Waals surface area contributed by atoms with Gasteiger partial charge in [0.2, 0.25) is 0 Å². The van der Waals surface area contributed by atoms with Crippen LogP contribution in [0.15, 0.2) is 0 Å². The van der Waals surface area contributed by atoms with E-state index < -0.39 is 53.7 Å². The first-order valence-electron chi connectivity index (χ1n) is 8.44. The van der Waals surface area contributed by atoms with Gasteiger partial charge in [0.25, 0.3) is 0 Å². The molecule has 0 aromatic rings. The minimum Gasteiger partial charge on any atom is -0.463 e. The lowest BCUT2D eigenvalue weighted by Gasteiger charge is -2.44. The standard InChI is InChI=1S/C17H23NO9S/c1-9(19)23-8-13-14(24-10(2)20)15(25-11(3)21)16(26-12(4)22)17(27-13)28-7-5-6-18/h13-17H,5,7-8H2,1-4H3/t13-,14-,15+,16-,17-/m0/s1. The molecule has 1 aliphatic heterocycles. The lowest BCUT2D eigenvalue weighted by molar-refractivity contribution is -0.237. The topological polar surface area (TPSA) is 138 Å². The molecule has 28 heavy (non-hydrogen) atoms. The van der Waals surface area contributed by atoms with E-state index in [1.54, 1.807) is 0 Å². The molecule has 5 atom stereocenters. The van der Waals surface area contributed by atoms with Crippen molar-refractivity contribution in [2.24, 2.45) is 0 Å². The zero-order valence-corrected chi connectivity index (χ0v) is 16.9. The van der Waals surface area contributed by atoms with Crippen molar-refractivity contribution >= 4 is 35.6 Å². The summed E-state index contributed by atoms with van der Waals surface area (Å²) >= 11 is 1.17. The minimum absolute atomic E-state index is 0.206. The molecule has 1 aliphatic rings.